The van der Waals surface area contributed by atoms with Crippen molar-refractivity contribution >= 4 is 54.8 Å². The SMILES string of the molecule is COc1nn2cc(Br)cnc2c1S(=O)(=O)NC1(Cc2ccc(Cl)cc2Cl)CCC1. The number of nitrogens with one attached hydrogen (secondary N) is 1. The third-order valence-electron chi connectivity index (χ3n) is 5.04. The molecule has 3 aromatic rings. The van der Waals surface area contributed by atoms with E-state index in [-0.39, 0.29) is 16.4 Å². The molecule has 0 saturated heterocycles. The highest BCUT2D eigenvalue weighted by Gasteiger charge is 2.43. The molecule has 0 unspecified atom stereocenters. The van der Waals surface area contributed by atoms with Crippen LogP contribution in [0.15, 0.2) is 40.0 Å². The van der Waals surface area contributed by atoms with Gasteiger partial charge in [-0.2, -0.15) is 0 Å². The molecule has 29 heavy (non-hydrogen) atoms. The van der Waals surface area contributed by atoms with Gasteiger partial charge in [-0.05, 0) is 59.3 Å². The Morgan fingerprint density at radius 3 is 2.72 bits per heavy atom. The Kier molecular flexibility index (Phi) is 5.54. The Morgan fingerprint density at radius 1 is 1.34 bits per heavy atom. The molecule has 0 amide bonds. The van der Waals surface area contributed by atoms with Gasteiger partial charge in [0, 0.05) is 28.0 Å². The van der Waals surface area contributed by atoms with E-state index in [0.717, 1.165) is 12.0 Å². The molecule has 0 atom stereocenters. The maximum atomic E-state index is 13.4. The first-order valence-electron chi connectivity index (χ1n) is 8.79. The number of ether oxygens (including phenoxy) is 1. The van der Waals surface area contributed by atoms with Gasteiger partial charge in [0.05, 0.1) is 11.6 Å². The molecule has 1 saturated carbocycles. The lowest BCUT2D eigenvalue weighted by atomic mass is 9.74. The molecule has 0 bridgehead atoms. The minimum absolute atomic E-state index is 0.0119. The normalized spacial score (nSPS) is 16.0. The van der Waals surface area contributed by atoms with Crippen LogP contribution in [0.3, 0.4) is 0 Å². The second kappa shape index (κ2) is 7.70. The molecular weight excluding hydrogens is 503 g/mol. The summed E-state index contributed by atoms with van der Waals surface area (Å²) in [6.07, 6.45) is 5.92. The zero-order valence-electron chi connectivity index (χ0n) is 15.3. The van der Waals surface area contributed by atoms with Gasteiger partial charge < -0.3 is 4.74 Å². The van der Waals surface area contributed by atoms with Crippen LogP contribution in [0.4, 0.5) is 0 Å². The minimum Gasteiger partial charge on any atom is -0.479 e. The fraction of sp³-hybridized carbons (Fsp3) is 0.333. The average Bonchev–Trinajstić information content (AvgIpc) is 3.00. The monoisotopic (exact) mass is 518 g/mol. The van der Waals surface area contributed by atoms with E-state index in [1.54, 1.807) is 18.3 Å². The average molecular weight is 520 g/mol. The highest BCUT2D eigenvalue weighted by molar-refractivity contribution is 9.10. The molecule has 1 aliphatic rings. The number of hydrogen-bond acceptors (Lipinski definition) is 5. The molecule has 2 aromatic heterocycles. The van der Waals surface area contributed by atoms with E-state index < -0.39 is 15.6 Å². The molecule has 11 heteroatoms. The summed E-state index contributed by atoms with van der Waals surface area (Å²) in [5, 5.41) is 5.24. The number of hydrogen-bond donors (Lipinski definition) is 1. The van der Waals surface area contributed by atoms with Crippen LogP contribution in [0.2, 0.25) is 10.0 Å². The lowest BCUT2D eigenvalue weighted by molar-refractivity contribution is 0.220. The summed E-state index contributed by atoms with van der Waals surface area (Å²) in [6.45, 7) is 0. The van der Waals surface area contributed by atoms with Crippen molar-refractivity contribution in [3.8, 4) is 5.88 Å². The van der Waals surface area contributed by atoms with Crippen LogP contribution in [0.1, 0.15) is 24.8 Å². The summed E-state index contributed by atoms with van der Waals surface area (Å²) in [5.74, 6) is -0.0119. The lowest BCUT2D eigenvalue weighted by Crippen LogP contribution is -2.54. The fourth-order valence-electron chi connectivity index (χ4n) is 3.52. The Labute approximate surface area is 186 Å². The van der Waals surface area contributed by atoms with Crippen molar-refractivity contribution in [3.63, 3.8) is 0 Å². The molecule has 0 radical (unpaired) electrons. The van der Waals surface area contributed by atoms with E-state index >= 15 is 0 Å². The van der Waals surface area contributed by atoms with E-state index in [4.69, 9.17) is 27.9 Å². The number of methoxy groups -OCH3 is 1. The van der Waals surface area contributed by atoms with Gasteiger partial charge in [0.25, 0.3) is 5.88 Å². The Balaban J connectivity index is 1.71. The second-order valence-electron chi connectivity index (χ2n) is 7.03. The quantitative estimate of drug-likeness (QED) is 0.526. The minimum atomic E-state index is -3.96. The smallest absolute Gasteiger partial charge is 0.255 e. The summed E-state index contributed by atoms with van der Waals surface area (Å²) in [7, 11) is -2.59. The molecule has 1 aromatic carbocycles. The molecule has 2 heterocycles. The standard InChI is InChI=1S/C18H17BrCl2N4O3S/c1-28-17-15(16-22-9-12(19)10-25(16)23-17)29(26,27)24-18(5-2-6-18)8-11-3-4-13(20)7-14(11)21/h3-4,7,9-10,24H,2,5-6,8H2,1H3. The number of fused-ring (bicyclic) bond motifs is 1. The first kappa shape index (κ1) is 20.9. The Morgan fingerprint density at radius 2 is 2.10 bits per heavy atom. The van der Waals surface area contributed by atoms with Crippen molar-refractivity contribution in [1.82, 2.24) is 19.3 Å². The van der Waals surface area contributed by atoms with Crippen molar-refractivity contribution in [3.05, 3.63) is 50.7 Å². The van der Waals surface area contributed by atoms with E-state index in [2.05, 4.69) is 30.7 Å². The van der Waals surface area contributed by atoms with Crippen LogP contribution >= 0.6 is 39.1 Å². The van der Waals surface area contributed by atoms with Gasteiger partial charge in [0.15, 0.2) is 10.5 Å². The van der Waals surface area contributed by atoms with Crippen molar-refractivity contribution in [1.29, 1.82) is 0 Å². The molecule has 0 aliphatic heterocycles. The van der Waals surface area contributed by atoms with Crippen LogP contribution in [-0.4, -0.2) is 35.7 Å². The van der Waals surface area contributed by atoms with Crippen LogP contribution in [0.5, 0.6) is 5.88 Å². The summed E-state index contributed by atoms with van der Waals surface area (Å²) in [5.41, 5.74) is 0.397. The molecule has 7 nitrogen and oxygen atoms in total. The molecule has 0 spiro atoms. The van der Waals surface area contributed by atoms with Gasteiger partial charge >= 0.3 is 0 Å². The number of sulfonamides is 1. The van der Waals surface area contributed by atoms with Crippen LogP contribution in [-0.2, 0) is 16.4 Å². The van der Waals surface area contributed by atoms with Gasteiger partial charge in [-0.1, -0.05) is 29.3 Å². The van der Waals surface area contributed by atoms with Crippen LogP contribution in [0, 0.1) is 0 Å². The maximum Gasteiger partial charge on any atom is 0.255 e. The summed E-state index contributed by atoms with van der Waals surface area (Å²) in [4.78, 5) is 4.13. The van der Waals surface area contributed by atoms with Crippen LogP contribution < -0.4 is 9.46 Å². The predicted octanol–water partition coefficient (Wildman–Crippen LogP) is 4.25. The zero-order chi connectivity index (χ0) is 20.8. The Hall–Kier alpha value is -1.39. The number of benzene rings is 1. The van der Waals surface area contributed by atoms with Crippen molar-refractivity contribution in [2.45, 2.75) is 36.1 Å². The van der Waals surface area contributed by atoms with Gasteiger partial charge in [0.1, 0.15) is 0 Å². The fourth-order valence-corrected chi connectivity index (χ4v) is 5.98. The zero-order valence-corrected chi connectivity index (χ0v) is 19.2. The number of nitrogens with zero attached hydrogens (tertiary/aromatic N) is 3. The highest BCUT2D eigenvalue weighted by Crippen LogP contribution is 2.39. The third-order valence-corrected chi connectivity index (χ3v) is 7.63. The van der Waals surface area contributed by atoms with Gasteiger partial charge in [0.2, 0.25) is 10.0 Å². The van der Waals surface area contributed by atoms with E-state index in [1.165, 1.54) is 17.8 Å². The number of aromatic nitrogens is 3. The van der Waals surface area contributed by atoms with E-state index in [9.17, 15) is 8.42 Å². The van der Waals surface area contributed by atoms with Gasteiger partial charge in [-0.3, -0.25) is 0 Å². The van der Waals surface area contributed by atoms with Gasteiger partial charge in [-0.15, -0.1) is 5.10 Å². The number of rotatable bonds is 6. The summed E-state index contributed by atoms with van der Waals surface area (Å²) < 4.78 is 36.9. The predicted molar refractivity (Wildman–Crippen MR) is 114 cm³/mol. The highest BCUT2D eigenvalue weighted by atomic mass is 79.9. The topological polar surface area (TPSA) is 85.6 Å². The Bertz CT molecular complexity index is 1200. The summed E-state index contributed by atoms with van der Waals surface area (Å²) in [6, 6.07) is 5.24. The lowest BCUT2D eigenvalue weighted by Gasteiger charge is -2.42. The molecule has 1 N–H and O–H groups in total. The molecule has 4 rings (SSSR count). The number of halogens is 3. The van der Waals surface area contributed by atoms with E-state index in [0.29, 0.717) is 33.8 Å². The maximum absolute atomic E-state index is 13.4. The molecule has 1 fully saturated rings. The van der Waals surface area contributed by atoms with Crippen molar-refractivity contribution in [2.75, 3.05) is 7.11 Å². The largest absolute Gasteiger partial charge is 0.479 e. The molecule has 1 aliphatic carbocycles. The first-order valence-corrected chi connectivity index (χ1v) is 11.8. The molecular formula is C18H17BrCl2N4O3S. The first-order chi connectivity index (χ1) is 13.7. The molecule has 154 valence electrons. The summed E-state index contributed by atoms with van der Waals surface area (Å²) >= 11 is 15.6. The second-order valence-corrected chi connectivity index (χ2v) is 10.4. The van der Waals surface area contributed by atoms with Gasteiger partial charge in [-0.25, -0.2) is 22.6 Å². The van der Waals surface area contributed by atoms with Crippen molar-refractivity contribution in [2.24, 2.45) is 0 Å². The van der Waals surface area contributed by atoms with Crippen molar-refractivity contribution < 1.29 is 13.2 Å². The third kappa shape index (κ3) is 3.98. The van der Waals surface area contributed by atoms with E-state index in [1.807, 2.05) is 6.07 Å². The van der Waals surface area contributed by atoms with Crippen LogP contribution in [0.25, 0.3) is 5.65 Å².